The Morgan fingerprint density at radius 2 is 1.42 bits per heavy atom. The largest absolute Gasteiger partial charge is 0.322 e. The van der Waals surface area contributed by atoms with Crippen LogP contribution in [0, 0.1) is 0 Å². The number of thioether (sulfide) groups is 2. The molecule has 7 heteroatoms. The summed E-state index contributed by atoms with van der Waals surface area (Å²) in [6.07, 6.45) is 0. The Hall–Kier alpha value is -2.25. The summed E-state index contributed by atoms with van der Waals surface area (Å²) in [7, 11) is 0. The first kappa shape index (κ1) is 22.0. The Labute approximate surface area is 199 Å². The van der Waals surface area contributed by atoms with Gasteiger partial charge in [0.05, 0.1) is 9.77 Å². The molecule has 156 valence electrons. The van der Waals surface area contributed by atoms with Crippen LogP contribution in [0.25, 0.3) is 0 Å². The summed E-state index contributed by atoms with van der Waals surface area (Å²) >= 11 is 10.6. The average molecular weight is 483 g/mol. The van der Waals surface area contributed by atoms with Gasteiger partial charge in [0.15, 0.2) is 0 Å². The molecule has 0 atom stereocenters. The van der Waals surface area contributed by atoms with Crippen molar-refractivity contribution < 1.29 is 4.79 Å². The van der Waals surface area contributed by atoms with Crippen molar-refractivity contribution in [3.63, 3.8) is 0 Å². The number of hydrogen-bond acceptors (Lipinski definition) is 5. The molecule has 0 fully saturated rings. The number of nitrogens with one attached hydrogen (secondary N) is 1. The van der Waals surface area contributed by atoms with Crippen LogP contribution in [-0.2, 0) is 11.5 Å². The summed E-state index contributed by atoms with van der Waals surface area (Å²) in [6, 6.07) is 27.6. The molecule has 3 nitrogen and oxygen atoms in total. The van der Waals surface area contributed by atoms with E-state index in [2.05, 4.69) is 34.0 Å². The quantitative estimate of drug-likeness (QED) is 0.262. The lowest BCUT2D eigenvalue weighted by atomic mass is 10.2. The van der Waals surface area contributed by atoms with Crippen molar-refractivity contribution in [2.45, 2.75) is 20.7 Å². The van der Waals surface area contributed by atoms with Crippen LogP contribution < -0.4 is 5.32 Å². The van der Waals surface area contributed by atoms with E-state index in [-0.39, 0.29) is 5.91 Å². The van der Waals surface area contributed by atoms with Crippen LogP contribution in [0.5, 0.6) is 0 Å². The van der Waals surface area contributed by atoms with Gasteiger partial charge in [-0.3, -0.25) is 4.79 Å². The minimum atomic E-state index is -0.151. The Morgan fingerprint density at radius 3 is 2.03 bits per heavy atom. The van der Waals surface area contributed by atoms with Crippen LogP contribution in [0.2, 0.25) is 5.02 Å². The van der Waals surface area contributed by atoms with E-state index in [1.54, 1.807) is 47.8 Å². The average Bonchev–Trinajstić information content (AvgIpc) is 3.22. The maximum Gasteiger partial charge on any atom is 0.260 e. The van der Waals surface area contributed by atoms with Gasteiger partial charge in [0, 0.05) is 22.2 Å². The van der Waals surface area contributed by atoms with Crippen molar-refractivity contribution in [3.05, 3.63) is 107 Å². The zero-order chi connectivity index (χ0) is 21.5. The van der Waals surface area contributed by atoms with Crippen molar-refractivity contribution in [2.24, 2.45) is 0 Å². The van der Waals surface area contributed by atoms with Crippen LogP contribution in [0.3, 0.4) is 0 Å². The Balaban J connectivity index is 1.55. The van der Waals surface area contributed by atoms with Crippen molar-refractivity contribution >= 4 is 58.3 Å². The molecule has 4 aromatic rings. The highest BCUT2D eigenvalue weighted by molar-refractivity contribution is 8.01. The molecule has 0 saturated heterocycles. The molecular formula is C24H19ClN2OS3. The van der Waals surface area contributed by atoms with Gasteiger partial charge in [-0.1, -0.05) is 84.0 Å². The number of hydrogen-bond donors (Lipinski definition) is 1. The van der Waals surface area contributed by atoms with Gasteiger partial charge in [0.25, 0.3) is 5.91 Å². The summed E-state index contributed by atoms with van der Waals surface area (Å²) in [5.74, 6) is 1.39. The third-order valence-electron chi connectivity index (χ3n) is 4.39. The highest BCUT2D eigenvalue weighted by Crippen LogP contribution is 2.38. The summed E-state index contributed by atoms with van der Waals surface area (Å²) < 4.78 is 5.54. The molecule has 1 N–H and O–H groups in total. The third-order valence-corrected chi connectivity index (χ3v) is 7.97. The Morgan fingerprint density at radius 1 is 0.839 bits per heavy atom. The first-order valence-corrected chi connectivity index (χ1v) is 12.7. The minimum Gasteiger partial charge on any atom is -0.322 e. The van der Waals surface area contributed by atoms with Crippen LogP contribution in [-0.4, -0.2) is 10.3 Å². The summed E-state index contributed by atoms with van der Waals surface area (Å²) in [5.41, 5.74) is 3.76. The highest BCUT2D eigenvalue weighted by Gasteiger charge is 2.22. The van der Waals surface area contributed by atoms with Crippen molar-refractivity contribution in [2.75, 3.05) is 5.32 Å². The summed E-state index contributed by atoms with van der Waals surface area (Å²) in [6.45, 7) is 0. The molecule has 1 heterocycles. The number of carbonyl (C=O) groups excluding carboxylic acids is 1. The monoisotopic (exact) mass is 482 g/mol. The molecule has 0 aliphatic rings. The van der Waals surface area contributed by atoms with Crippen LogP contribution >= 0.6 is 46.7 Å². The molecule has 4 rings (SSSR count). The van der Waals surface area contributed by atoms with E-state index in [1.165, 1.54) is 22.7 Å². The van der Waals surface area contributed by atoms with E-state index in [0.29, 0.717) is 16.3 Å². The summed E-state index contributed by atoms with van der Waals surface area (Å²) in [5, 5.41) is 4.38. The molecule has 0 spiro atoms. The number of benzene rings is 3. The minimum absolute atomic E-state index is 0.151. The van der Waals surface area contributed by atoms with Crippen molar-refractivity contribution in [3.8, 4) is 0 Å². The molecular weight excluding hydrogens is 464 g/mol. The number of halogens is 1. The molecule has 0 aliphatic carbocycles. The van der Waals surface area contributed by atoms with Gasteiger partial charge in [0.2, 0.25) is 0 Å². The van der Waals surface area contributed by atoms with Gasteiger partial charge in [0.1, 0.15) is 5.03 Å². The molecule has 0 bridgehead atoms. The van der Waals surface area contributed by atoms with E-state index in [9.17, 15) is 4.79 Å². The lowest BCUT2D eigenvalue weighted by molar-refractivity contribution is 0.102. The normalized spacial score (nSPS) is 10.7. The molecule has 31 heavy (non-hydrogen) atoms. The Bertz CT molecular complexity index is 1070. The molecule has 0 saturated carbocycles. The Kier molecular flexibility index (Phi) is 7.70. The van der Waals surface area contributed by atoms with Gasteiger partial charge >= 0.3 is 0 Å². The van der Waals surface area contributed by atoms with Gasteiger partial charge in [-0.25, -0.2) is 0 Å². The van der Waals surface area contributed by atoms with E-state index >= 15 is 0 Å². The fraction of sp³-hybridized carbons (Fsp3) is 0.0833. The predicted molar refractivity (Wildman–Crippen MR) is 134 cm³/mol. The van der Waals surface area contributed by atoms with E-state index < -0.39 is 0 Å². The molecule has 0 unspecified atom stereocenters. The number of nitrogens with zero attached hydrogens (tertiary/aromatic N) is 1. The number of aromatic nitrogens is 1. The molecule has 0 aliphatic heterocycles. The fourth-order valence-electron chi connectivity index (χ4n) is 2.82. The second-order valence-electron chi connectivity index (χ2n) is 6.66. The van der Waals surface area contributed by atoms with Gasteiger partial charge < -0.3 is 5.32 Å². The van der Waals surface area contributed by atoms with Crippen molar-refractivity contribution in [1.29, 1.82) is 0 Å². The summed E-state index contributed by atoms with van der Waals surface area (Å²) in [4.78, 5) is 13.2. The second-order valence-corrected chi connectivity index (χ2v) is 10.1. The zero-order valence-corrected chi connectivity index (χ0v) is 19.7. The van der Waals surface area contributed by atoms with E-state index in [0.717, 1.165) is 20.7 Å². The molecule has 0 radical (unpaired) electrons. The molecule has 3 aromatic carbocycles. The number of anilines is 1. The van der Waals surface area contributed by atoms with E-state index in [1.807, 2.05) is 36.4 Å². The van der Waals surface area contributed by atoms with Crippen molar-refractivity contribution in [1.82, 2.24) is 4.37 Å². The first-order valence-electron chi connectivity index (χ1n) is 9.59. The van der Waals surface area contributed by atoms with Gasteiger partial charge in [-0.15, -0.1) is 11.8 Å². The lowest BCUT2D eigenvalue weighted by Gasteiger charge is -2.08. The number of carbonyl (C=O) groups is 1. The van der Waals surface area contributed by atoms with Crippen LogP contribution in [0.15, 0.2) is 94.2 Å². The van der Waals surface area contributed by atoms with E-state index in [4.69, 9.17) is 11.6 Å². The lowest BCUT2D eigenvalue weighted by Crippen LogP contribution is -2.13. The molecule has 1 aromatic heterocycles. The number of rotatable bonds is 8. The molecule has 1 amide bonds. The fourth-order valence-corrected chi connectivity index (χ4v) is 6.10. The maximum atomic E-state index is 13.2. The van der Waals surface area contributed by atoms with Crippen LogP contribution in [0.4, 0.5) is 5.69 Å². The zero-order valence-electron chi connectivity index (χ0n) is 16.5. The standard InChI is InChI=1S/C24H19ClN2OS3/c25-19-11-13-20(14-12-19)26-22(28)21-23(29-15-17-7-3-1-4-8-17)27-31-24(21)30-16-18-9-5-2-6-10-18/h1-14H,15-16H2,(H,26,28). The predicted octanol–water partition coefficient (Wildman–Crippen LogP) is 7.63. The van der Waals surface area contributed by atoms with Gasteiger partial charge in [-0.2, -0.15) is 4.37 Å². The first-order chi connectivity index (χ1) is 15.2. The van der Waals surface area contributed by atoms with Crippen LogP contribution in [0.1, 0.15) is 21.5 Å². The SMILES string of the molecule is O=C(Nc1ccc(Cl)cc1)c1c(SCc2ccccc2)nsc1SCc1ccccc1. The third kappa shape index (κ3) is 6.14. The van der Waals surface area contributed by atoms with Gasteiger partial charge in [-0.05, 0) is 46.9 Å². The highest BCUT2D eigenvalue weighted by atomic mass is 35.5. The maximum absolute atomic E-state index is 13.2. The second kappa shape index (κ2) is 10.9. The number of amides is 1. The smallest absolute Gasteiger partial charge is 0.260 e. The topological polar surface area (TPSA) is 42.0 Å².